The van der Waals surface area contributed by atoms with Gasteiger partial charge in [0.2, 0.25) is 5.91 Å². The summed E-state index contributed by atoms with van der Waals surface area (Å²) in [6, 6.07) is 16.6. The van der Waals surface area contributed by atoms with E-state index in [9.17, 15) is 14.4 Å². The maximum absolute atomic E-state index is 11.6. The number of halogens is 1. The van der Waals surface area contributed by atoms with Crippen molar-refractivity contribution in [2.45, 2.75) is 62.7 Å². The maximum Gasteiger partial charge on any atom is 0.303 e. The van der Waals surface area contributed by atoms with Crippen LogP contribution in [0.15, 0.2) is 48.5 Å². The number of alkyl halides is 2. The molecular weight excluding hydrogens is 627 g/mol. The summed E-state index contributed by atoms with van der Waals surface area (Å²) >= 11 is 5.39. The van der Waals surface area contributed by atoms with Gasteiger partial charge >= 0.3 is 129 Å². The molecule has 2 rings (SSSR count). The molecule has 0 saturated carbocycles. The molecule has 0 bridgehead atoms. The second kappa shape index (κ2) is 21.1. The van der Waals surface area contributed by atoms with Gasteiger partial charge < -0.3 is 10.4 Å². The summed E-state index contributed by atoms with van der Waals surface area (Å²) in [7, 11) is 0. The fourth-order valence-electron chi connectivity index (χ4n) is 3.41. The maximum atomic E-state index is 11.6. The zero-order valence-electron chi connectivity index (χ0n) is 22.9. The molecule has 2 amide bonds. The summed E-state index contributed by atoms with van der Waals surface area (Å²) in [5.41, 5.74) is 9.86. The van der Waals surface area contributed by atoms with Crippen LogP contribution in [-0.4, -0.2) is 46.0 Å². The normalized spacial score (nSPS) is 10.2. The van der Waals surface area contributed by atoms with Crippen molar-refractivity contribution in [2.24, 2.45) is 5.73 Å². The fraction of sp³-hybridized carbons (Fsp3) is 0.448. The molecule has 0 aliphatic heterocycles. The smallest absolute Gasteiger partial charge is 0.303 e. The first-order valence-electron chi connectivity index (χ1n) is 13.1. The summed E-state index contributed by atoms with van der Waals surface area (Å²) in [5.74, 6) is -1.01. The number of anilines is 1. The predicted octanol–water partition coefficient (Wildman–Crippen LogP) is 1.15. The quantitative estimate of drug-likeness (QED) is 0.0785. The van der Waals surface area contributed by atoms with Gasteiger partial charge in [0.1, 0.15) is 0 Å². The van der Waals surface area contributed by atoms with Gasteiger partial charge in [-0.25, -0.2) is 0 Å². The summed E-state index contributed by atoms with van der Waals surface area (Å²) in [6.45, 7) is 3.16. The third-order valence-corrected chi connectivity index (χ3v) is 7.43. The van der Waals surface area contributed by atoms with Gasteiger partial charge in [0.25, 0.3) is 0 Å². The number of carboxylic acids is 1. The molecule has 8 nitrogen and oxygen atoms in total. The number of nitrogens with two attached hydrogens (primary N) is 1. The Bertz CT molecular complexity index is 1020. The number of aryl methyl sites for hydroxylation is 2. The molecule has 216 valence electrons. The van der Waals surface area contributed by atoms with Crippen molar-refractivity contribution in [2.75, 3.05) is 23.3 Å². The molecule has 2 aromatic carbocycles. The number of amides is 2. The molecule has 2 aromatic rings. The molecule has 0 aromatic heterocycles. The van der Waals surface area contributed by atoms with Crippen LogP contribution in [0, 0.1) is 6.92 Å². The number of hydrogen-bond donors (Lipinski definition) is 5. The molecule has 0 fully saturated rings. The van der Waals surface area contributed by atoms with Crippen LogP contribution < -0.4 is 42.9 Å². The SMILES string of the molecule is C[I-]Cc1ccc(NC(=S)NCCC(N)=O)cc1.Cc1ccc(CCCC(=O)NCCCCCC(=O)O)cc1. The Morgan fingerprint density at radius 3 is 2.13 bits per heavy atom. The van der Waals surface area contributed by atoms with Gasteiger partial charge in [-0.1, -0.05) is 36.2 Å². The summed E-state index contributed by atoms with van der Waals surface area (Å²) in [5, 5.41) is 17.9. The van der Waals surface area contributed by atoms with E-state index in [4.69, 9.17) is 23.1 Å². The number of benzene rings is 2. The summed E-state index contributed by atoms with van der Waals surface area (Å²) < 4.78 is 1.19. The zero-order valence-corrected chi connectivity index (χ0v) is 25.9. The van der Waals surface area contributed by atoms with Crippen molar-refractivity contribution in [3.05, 3.63) is 65.2 Å². The van der Waals surface area contributed by atoms with Gasteiger partial charge in [0.05, 0.1) is 0 Å². The number of unbranched alkanes of at least 4 members (excludes halogenated alkanes) is 2. The van der Waals surface area contributed by atoms with Crippen LogP contribution in [0.25, 0.3) is 0 Å². The van der Waals surface area contributed by atoms with E-state index < -0.39 is 5.97 Å². The van der Waals surface area contributed by atoms with E-state index in [-0.39, 0.29) is 45.9 Å². The van der Waals surface area contributed by atoms with Crippen molar-refractivity contribution < 1.29 is 40.7 Å². The number of aliphatic carboxylic acids is 1. The van der Waals surface area contributed by atoms with Gasteiger partial charge in [-0.15, -0.1) is 0 Å². The van der Waals surface area contributed by atoms with Gasteiger partial charge in [0.15, 0.2) is 0 Å². The number of carboxylic acid groups (broad SMARTS) is 1. The van der Waals surface area contributed by atoms with Crippen LogP contribution in [0.1, 0.15) is 61.6 Å². The minimum absolute atomic E-state index is 0.0837. The molecule has 10 heteroatoms. The number of hydrogen-bond acceptors (Lipinski definition) is 4. The molecule has 0 saturated heterocycles. The molecule has 0 radical (unpaired) electrons. The average molecular weight is 670 g/mol. The van der Waals surface area contributed by atoms with Crippen molar-refractivity contribution in [1.82, 2.24) is 10.6 Å². The predicted molar refractivity (Wildman–Crippen MR) is 157 cm³/mol. The monoisotopic (exact) mass is 669 g/mol. The van der Waals surface area contributed by atoms with Gasteiger partial charge in [-0.3, -0.25) is 9.59 Å². The van der Waals surface area contributed by atoms with E-state index >= 15 is 0 Å². The first-order valence-corrected chi connectivity index (χ1v) is 17.2. The number of nitrogens with one attached hydrogen (secondary N) is 3. The van der Waals surface area contributed by atoms with Gasteiger partial charge in [0, 0.05) is 19.4 Å². The molecule has 0 aliphatic rings. The van der Waals surface area contributed by atoms with Gasteiger partial charge in [-0.2, -0.15) is 0 Å². The Kier molecular flexibility index (Phi) is 18.6. The number of rotatable bonds is 16. The standard InChI is InChI=1S/C17H25NO3.C12H17IN3OS/c1-14-9-11-15(12-10-14)6-5-7-16(19)18-13-4-2-3-8-17(20)21;1-13-8-9-2-4-10(5-3-9)16-12(18)15-7-6-11(14)17/h9-12H,2-8,13H2,1H3,(H,18,19)(H,20,21);2-5H,6-8H2,1H3,(H2,14,17)(H2,15,16,18)/q;-1. The molecule has 0 atom stereocenters. The Labute approximate surface area is 248 Å². The topological polar surface area (TPSA) is 134 Å². The van der Waals surface area contributed by atoms with Crippen LogP contribution in [0.5, 0.6) is 0 Å². The number of carbonyl (C=O) groups is 3. The third-order valence-electron chi connectivity index (χ3n) is 5.54. The minimum atomic E-state index is -0.754. The molecule has 0 spiro atoms. The Morgan fingerprint density at radius 1 is 0.846 bits per heavy atom. The summed E-state index contributed by atoms with van der Waals surface area (Å²) in [4.78, 5) is 34.8. The van der Waals surface area contributed by atoms with Crippen LogP contribution in [0.4, 0.5) is 5.69 Å². The van der Waals surface area contributed by atoms with Crippen molar-refractivity contribution in [3.8, 4) is 0 Å². The zero-order chi connectivity index (χ0) is 28.9. The third kappa shape index (κ3) is 19.0. The minimum Gasteiger partial charge on any atom is -0.481 e. The molecule has 0 aliphatic carbocycles. The van der Waals surface area contributed by atoms with Crippen LogP contribution in [-0.2, 0) is 25.2 Å². The second-order valence-corrected chi connectivity index (χ2v) is 11.8. The Morgan fingerprint density at radius 2 is 1.51 bits per heavy atom. The second-order valence-electron chi connectivity index (χ2n) is 9.09. The van der Waals surface area contributed by atoms with E-state index in [2.05, 4.69) is 64.2 Å². The van der Waals surface area contributed by atoms with Gasteiger partial charge in [-0.05, 0) is 38.2 Å². The molecule has 0 unspecified atom stereocenters. The number of carbonyl (C=O) groups excluding carboxylic acids is 2. The van der Waals surface area contributed by atoms with E-state index in [1.807, 2.05) is 12.1 Å². The van der Waals surface area contributed by atoms with Crippen molar-refractivity contribution in [3.63, 3.8) is 0 Å². The van der Waals surface area contributed by atoms with Crippen LogP contribution in [0.3, 0.4) is 0 Å². The molecule has 0 heterocycles. The molecular formula is C29H42IN4O4S-. The van der Waals surface area contributed by atoms with Crippen LogP contribution >= 0.6 is 12.2 Å². The summed E-state index contributed by atoms with van der Waals surface area (Å²) in [6.07, 6.45) is 5.18. The fourth-order valence-corrected chi connectivity index (χ4v) is 5.02. The molecule has 6 N–H and O–H groups in total. The van der Waals surface area contributed by atoms with Crippen LogP contribution in [0.2, 0.25) is 0 Å². The van der Waals surface area contributed by atoms with Crippen molar-refractivity contribution in [1.29, 1.82) is 0 Å². The average Bonchev–Trinajstić information content (AvgIpc) is 2.88. The largest absolute Gasteiger partial charge is 0.481 e. The van der Waals surface area contributed by atoms with E-state index in [0.29, 0.717) is 31.0 Å². The van der Waals surface area contributed by atoms with E-state index in [1.165, 1.54) is 21.1 Å². The van der Waals surface area contributed by atoms with E-state index in [1.54, 1.807) is 0 Å². The number of thiocarbonyl (C=S) groups is 1. The van der Waals surface area contributed by atoms with Crippen molar-refractivity contribution >= 4 is 40.8 Å². The van der Waals surface area contributed by atoms with E-state index in [0.717, 1.165) is 31.4 Å². The molecule has 39 heavy (non-hydrogen) atoms. The Hall–Kier alpha value is -2.73. The first-order chi connectivity index (χ1) is 18.7. The Balaban J connectivity index is 0.000000395. The number of primary amides is 1. The first kappa shape index (κ1) is 34.3.